The van der Waals surface area contributed by atoms with E-state index in [4.69, 9.17) is 9.84 Å². The number of rotatable bonds is 11. The van der Waals surface area contributed by atoms with E-state index in [-0.39, 0.29) is 85.5 Å². The molecule has 0 unspecified atom stereocenters. The van der Waals surface area contributed by atoms with Gasteiger partial charge in [0, 0.05) is 23.5 Å². The average Bonchev–Trinajstić information content (AvgIpc) is 2.81. The number of carbonyl (C=O) groups is 2. The summed E-state index contributed by atoms with van der Waals surface area (Å²) < 4.78 is 9.50. The van der Waals surface area contributed by atoms with Crippen LogP contribution in [0.5, 0.6) is 0 Å². The maximum Gasteiger partial charge on any atom is 1.00 e. The van der Waals surface area contributed by atoms with Gasteiger partial charge < -0.3 is 27.6 Å². The monoisotopic (exact) mass is 441 g/mol. The predicted molar refractivity (Wildman–Crippen MR) is 83.6 cm³/mol. The van der Waals surface area contributed by atoms with Crippen LogP contribution in [0.3, 0.4) is 0 Å². The summed E-state index contributed by atoms with van der Waals surface area (Å²) in [4.78, 5) is 23.2. The summed E-state index contributed by atoms with van der Waals surface area (Å²) in [6.07, 6.45) is 4.64. The summed E-state index contributed by atoms with van der Waals surface area (Å²) in [5, 5.41) is 28.0. The van der Waals surface area contributed by atoms with E-state index in [9.17, 15) is 19.8 Å². The van der Waals surface area contributed by atoms with Crippen LogP contribution in [0.1, 0.15) is 61.1 Å². The number of hydrogen-bond acceptors (Lipinski definition) is 7. The quantitative estimate of drug-likeness (QED) is 0.170. The molecule has 1 aliphatic rings. The molecule has 2 atom stereocenters. The third-order valence-corrected chi connectivity index (χ3v) is 3.66. The van der Waals surface area contributed by atoms with Crippen LogP contribution < -0.4 is 59.1 Å². The molecule has 0 fully saturated rings. The number of aliphatic hydroxyl groups excluding tert-OH is 3. The molecule has 0 saturated heterocycles. The molecule has 10 heteroatoms. The van der Waals surface area contributed by atoms with Crippen molar-refractivity contribution in [2.75, 3.05) is 6.61 Å². The normalized spacial score (nSPS) is 16.7. The Bertz CT molecular complexity index is 457. The third-order valence-electron chi connectivity index (χ3n) is 3.66. The van der Waals surface area contributed by atoms with Crippen LogP contribution in [0.2, 0.25) is 0 Å². The Hall–Kier alpha value is 0.919. The second kappa shape index (κ2) is 18.0. The second-order valence-electron chi connectivity index (χ2n) is 5.64. The van der Waals surface area contributed by atoms with Crippen molar-refractivity contribution in [2.45, 2.75) is 70.5 Å². The Labute approximate surface area is 212 Å². The zero-order valence-electron chi connectivity index (χ0n) is 17.8. The molecule has 0 aliphatic carbocycles. The number of cyclic esters (lactones) is 1. The molecule has 0 saturated carbocycles. The molecule has 1 aliphatic heterocycles. The standard InChI is InChI=1S/C16H26O7.Cu.2Na.2H/c1-2-3-4-5-6-7-8-9-12(19)22-15-13(20)14(11(18)10-17)23-16(15)21;;;;;/h11,14,17-18,20H,2-10H2,1H3;;;;;/q;;2*+1;2*-1/t11-,14+;;;;;/m0...../s1. The van der Waals surface area contributed by atoms with Gasteiger partial charge in [0.1, 0.15) is 6.10 Å². The smallest absolute Gasteiger partial charge is 1.00 e. The van der Waals surface area contributed by atoms with Crippen LogP contribution in [-0.2, 0) is 36.1 Å². The SMILES string of the molecule is CCCCCCCCCC(=O)OC1=C(O)[C@@H]([C@@H](O)CO)OC1=O.[Cu].[H-].[H-].[Na+].[Na+]. The zero-order valence-corrected chi connectivity index (χ0v) is 20.7. The van der Waals surface area contributed by atoms with Gasteiger partial charge in [-0.15, -0.1) is 0 Å². The molecule has 0 bridgehead atoms. The van der Waals surface area contributed by atoms with E-state index in [1.54, 1.807) is 0 Å². The molecule has 7 nitrogen and oxygen atoms in total. The van der Waals surface area contributed by atoms with Gasteiger partial charge in [0.05, 0.1) is 6.61 Å². The molecule has 0 aromatic heterocycles. The number of hydrogen-bond donors (Lipinski definition) is 3. The minimum Gasteiger partial charge on any atom is -1.00 e. The van der Waals surface area contributed by atoms with Crippen molar-refractivity contribution in [2.24, 2.45) is 0 Å². The van der Waals surface area contributed by atoms with Gasteiger partial charge in [-0.05, 0) is 6.42 Å². The fraction of sp³-hybridized carbons (Fsp3) is 0.750. The van der Waals surface area contributed by atoms with E-state index in [0.717, 1.165) is 19.3 Å². The molecule has 0 aromatic carbocycles. The molecule has 3 N–H and O–H groups in total. The number of esters is 2. The first-order valence-corrected chi connectivity index (χ1v) is 8.15. The van der Waals surface area contributed by atoms with E-state index in [2.05, 4.69) is 11.7 Å². The van der Waals surface area contributed by atoms with E-state index in [1.165, 1.54) is 19.3 Å². The van der Waals surface area contributed by atoms with Crippen LogP contribution in [0.4, 0.5) is 0 Å². The van der Waals surface area contributed by atoms with Gasteiger partial charge >= 0.3 is 71.1 Å². The molecule has 1 radical (unpaired) electrons. The Morgan fingerprint density at radius 2 is 1.73 bits per heavy atom. The van der Waals surface area contributed by atoms with E-state index >= 15 is 0 Å². The molecule has 1 rings (SSSR count). The summed E-state index contributed by atoms with van der Waals surface area (Å²) in [6.45, 7) is 1.46. The minimum atomic E-state index is -1.46. The number of ether oxygens (including phenoxy) is 2. The second-order valence-corrected chi connectivity index (χ2v) is 5.64. The largest absolute Gasteiger partial charge is 1.00 e. The van der Waals surface area contributed by atoms with Crippen molar-refractivity contribution < 1.29 is 113 Å². The van der Waals surface area contributed by atoms with Crippen molar-refractivity contribution in [3.63, 3.8) is 0 Å². The summed E-state index contributed by atoms with van der Waals surface area (Å²) in [7, 11) is 0. The Morgan fingerprint density at radius 1 is 1.19 bits per heavy atom. The van der Waals surface area contributed by atoms with Crippen molar-refractivity contribution in [1.29, 1.82) is 0 Å². The molecule has 1 heterocycles. The first kappa shape index (κ1) is 31.6. The van der Waals surface area contributed by atoms with Crippen LogP contribution in [0.25, 0.3) is 0 Å². The van der Waals surface area contributed by atoms with Gasteiger partial charge in [-0.1, -0.05) is 45.4 Å². The molecule has 26 heavy (non-hydrogen) atoms. The zero-order chi connectivity index (χ0) is 17.2. The van der Waals surface area contributed by atoms with Gasteiger partial charge in [-0.25, -0.2) is 4.79 Å². The summed E-state index contributed by atoms with van der Waals surface area (Å²) in [5.41, 5.74) is 0. The van der Waals surface area contributed by atoms with Gasteiger partial charge in [-0.2, -0.15) is 0 Å². The number of aliphatic hydroxyl groups is 3. The molecule has 0 spiro atoms. The van der Waals surface area contributed by atoms with E-state index < -0.39 is 42.3 Å². The average molecular weight is 442 g/mol. The van der Waals surface area contributed by atoms with Crippen LogP contribution >= 0.6 is 0 Å². The summed E-state index contributed by atoms with van der Waals surface area (Å²) in [6, 6.07) is 0. The molecule has 0 amide bonds. The van der Waals surface area contributed by atoms with Gasteiger partial charge in [0.25, 0.3) is 5.76 Å². The van der Waals surface area contributed by atoms with E-state index in [1.807, 2.05) is 0 Å². The van der Waals surface area contributed by atoms with Crippen LogP contribution in [-0.4, -0.2) is 46.1 Å². The Balaban J connectivity index is -0.000000353. The van der Waals surface area contributed by atoms with Crippen molar-refractivity contribution in [3.8, 4) is 0 Å². The topological polar surface area (TPSA) is 113 Å². The summed E-state index contributed by atoms with van der Waals surface area (Å²) in [5.74, 6) is -2.91. The Kier molecular flexibility index (Phi) is 21.9. The molecule has 0 aromatic rings. The van der Waals surface area contributed by atoms with Crippen molar-refractivity contribution in [1.82, 2.24) is 0 Å². The fourth-order valence-corrected chi connectivity index (χ4v) is 2.30. The number of unbranched alkanes of at least 4 members (excludes halogenated alkanes) is 6. The molecular weight excluding hydrogens is 414 g/mol. The third kappa shape index (κ3) is 11.1. The molecule has 147 valence electrons. The van der Waals surface area contributed by atoms with E-state index in [0.29, 0.717) is 6.42 Å². The first-order valence-electron chi connectivity index (χ1n) is 8.15. The van der Waals surface area contributed by atoms with Gasteiger partial charge in [-0.3, -0.25) is 4.79 Å². The van der Waals surface area contributed by atoms with Crippen LogP contribution in [0.15, 0.2) is 11.5 Å². The van der Waals surface area contributed by atoms with Crippen LogP contribution in [0, 0.1) is 0 Å². The maximum atomic E-state index is 11.7. The van der Waals surface area contributed by atoms with Gasteiger partial charge in [0.15, 0.2) is 11.9 Å². The van der Waals surface area contributed by atoms with Crippen molar-refractivity contribution >= 4 is 11.9 Å². The van der Waals surface area contributed by atoms with Crippen molar-refractivity contribution in [3.05, 3.63) is 11.5 Å². The molecular formula is C16H28CuNa2O7. The van der Waals surface area contributed by atoms with Gasteiger partial charge in [0.2, 0.25) is 0 Å². The fourth-order valence-electron chi connectivity index (χ4n) is 2.30. The maximum absolute atomic E-state index is 11.7. The first-order chi connectivity index (χ1) is 11.0. The summed E-state index contributed by atoms with van der Waals surface area (Å²) >= 11 is 0. The minimum absolute atomic E-state index is 0. The Morgan fingerprint density at radius 3 is 2.27 bits per heavy atom. The predicted octanol–water partition coefficient (Wildman–Crippen LogP) is -4.05. The number of carbonyl (C=O) groups excluding carboxylic acids is 2.